The Kier molecular flexibility index (Phi) is 3.36. The molecule has 0 bridgehead atoms. The van der Waals surface area contributed by atoms with Crippen molar-refractivity contribution in [1.29, 1.82) is 0 Å². The van der Waals surface area contributed by atoms with Gasteiger partial charge in [0.15, 0.2) is 5.65 Å². The number of rotatable bonds is 5. The molecule has 5 nitrogen and oxygen atoms in total. The quantitative estimate of drug-likeness (QED) is 0.775. The Morgan fingerprint density at radius 2 is 2.31 bits per heavy atom. The van der Waals surface area contributed by atoms with Gasteiger partial charge in [-0.25, -0.2) is 4.52 Å². The molecule has 0 spiro atoms. The second kappa shape index (κ2) is 4.94. The molecular weight excluding hydrogens is 204 g/mol. The molecule has 0 radical (unpaired) electrons. The van der Waals surface area contributed by atoms with Crippen LogP contribution in [0.15, 0.2) is 18.2 Å². The van der Waals surface area contributed by atoms with E-state index in [-0.39, 0.29) is 0 Å². The van der Waals surface area contributed by atoms with Crippen molar-refractivity contribution in [2.45, 2.75) is 13.3 Å². The van der Waals surface area contributed by atoms with E-state index in [1.54, 1.807) is 7.11 Å². The van der Waals surface area contributed by atoms with Crippen LogP contribution in [0, 0.1) is 6.92 Å². The van der Waals surface area contributed by atoms with Gasteiger partial charge in [-0.05, 0) is 25.5 Å². The number of pyridine rings is 1. The molecule has 5 heteroatoms. The minimum Gasteiger partial charge on any atom is -0.385 e. The molecule has 2 rings (SSSR count). The summed E-state index contributed by atoms with van der Waals surface area (Å²) >= 11 is 0. The number of methoxy groups -OCH3 is 1. The van der Waals surface area contributed by atoms with Crippen LogP contribution in [0.3, 0.4) is 0 Å². The second-order valence-electron chi connectivity index (χ2n) is 3.65. The Labute approximate surface area is 94.4 Å². The van der Waals surface area contributed by atoms with Crippen molar-refractivity contribution in [3.05, 3.63) is 23.9 Å². The van der Waals surface area contributed by atoms with Crippen molar-refractivity contribution in [2.24, 2.45) is 0 Å². The van der Waals surface area contributed by atoms with Crippen molar-refractivity contribution >= 4 is 11.6 Å². The molecule has 16 heavy (non-hydrogen) atoms. The fourth-order valence-electron chi connectivity index (χ4n) is 1.53. The summed E-state index contributed by atoms with van der Waals surface area (Å²) in [6.07, 6.45) is 0.949. The Hall–Kier alpha value is -1.62. The van der Waals surface area contributed by atoms with Crippen molar-refractivity contribution in [2.75, 3.05) is 25.6 Å². The molecule has 0 aliphatic carbocycles. The van der Waals surface area contributed by atoms with Crippen LogP contribution in [-0.2, 0) is 4.74 Å². The maximum atomic E-state index is 4.97. The van der Waals surface area contributed by atoms with Gasteiger partial charge in [-0.1, -0.05) is 6.07 Å². The zero-order chi connectivity index (χ0) is 11.4. The van der Waals surface area contributed by atoms with Crippen LogP contribution in [0.4, 0.5) is 5.95 Å². The van der Waals surface area contributed by atoms with Crippen molar-refractivity contribution in [3.8, 4) is 0 Å². The molecule has 2 aromatic rings. The summed E-state index contributed by atoms with van der Waals surface area (Å²) in [4.78, 5) is 4.37. The maximum Gasteiger partial charge on any atom is 0.243 e. The molecule has 0 unspecified atom stereocenters. The highest BCUT2D eigenvalue weighted by atomic mass is 16.5. The molecule has 2 aromatic heterocycles. The van der Waals surface area contributed by atoms with Gasteiger partial charge in [0, 0.05) is 26.0 Å². The van der Waals surface area contributed by atoms with Gasteiger partial charge in [-0.2, -0.15) is 4.98 Å². The van der Waals surface area contributed by atoms with Crippen LogP contribution in [-0.4, -0.2) is 34.9 Å². The third-order valence-electron chi connectivity index (χ3n) is 2.36. The number of ether oxygens (including phenoxy) is 1. The second-order valence-corrected chi connectivity index (χ2v) is 3.65. The van der Waals surface area contributed by atoms with E-state index in [0.717, 1.165) is 30.9 Å². The number of aromatic nitrogens is 3. The van der Waals surface area contributed by atoms with Crippen LogP contribution in [0.5, 0.6) is 0 Å². The third kappa shape index (κ3) is 2.30. The van der Waals surface area contributed by atoms with E-state index >= 15 is 0 Å². The van der Waals surface area contributed by atoms with E-state index in [2.05, 4.69) is 15.4 Å². The number of fused-ring (bicyclic) bond motifs is 1. The number of anilines is 1. The topological polar surface area (TPSA) is 51.5 Å². The molecule has 0 saturated heterocycles. The molecule has 2 heterocycles. The number of nitrogens with zero attached hydrogens (tertiary/aromatic N) is 3. The van der Waals surface area contributed by atoms with Gasteiger partial charge in [0.25, 0.3) is 0 Å². The highest BCUT2D eigenvalue weighted by molar-refractivity contribution is 5.44. The summed E-state index contributed by atoms with van der Waals surface area (Å²) in [5.41, 5.74) is 1.95. The maximum absolute atomic E-state index is 4.97. The molecule has 0 aromatic carbocycles. The lowest BCUT2D eigenvalue weighted by Gasteiger charge is -1.99. The zero-order valence-electron chi connectivity index (χ0n) is 9.60. The summed E-state index contributed by atoms with van der Waals surface area (Å²) in [7, 11) is 1.70. The van der Waals surface area contributed by atoms with Crippen molar-refractivity contribution < 1.29 is 4.74 Å². The minimum absolute atomic E-state index is 0.672. The van der Waals surface area contributed by atoms with Crippen molar-refractivity contribution in [3.63, 3.8) is 0 Å². The van der Waals surface area contributed by atoms with Gasteiger partial charge in [0.2, 0.25) is 5.95 Å². The van der Waals surface area contributed by atoms with Crippen molar-refractivity contribution in [1.82, 2.24) is 14.6 Å². The van der Waals surface area contributed by atoms with Gasteiger partial charge in [0.1, 0.15) is 0 Å². The number of hydrogen-bond acceptors (Lipinski definition) is 4. The first-order chi connectivity index (χ1) is 7.81. The fourth-order valence-corrected chi connectivity index (χ4v) is 1.53. The molecular formula is C11H16N4O. The monoisotopic (exact) mass is 220 g/mol. The SMILES string of the molecule is COCCCNc1nc2cccc(C)n2n1. The normalized spacial score (nSPS) is 10.9. The Bertz CT molecular complexity index is 466. The molecule has 0 aliphatic heterocycles. The van der Waals surface area contributed by atoms with Crippen LogP contribution in [0.1, 0.15) is 12.1 Å². The molecule has 1 N–H and O–H groups in total. The molecule has 0 atom stereocenters. The Morgan fingerprint density at radius 1 is 1.44 bits per heavy atom. The van der Waals surface area contributed by atoms with E-state index in [4.69, 9.17) is 4.74 Å². The largest absolute Gasteiger partial charge is 0.385 e. The summed E-state index contributed by atoms with van der Waals surface area (Å²) in [5, 5.41) is 7.54. The van der Waals surface area contributed by atoms with Gasteiger partial charge in [-0.15, -0.1) is 5.10 Å². The number of nitrogens with one attached hydrogen (secondary N) is 1. The van der Waals surface area contributed by atoms with Gasteiger partial charge >= 0.3 is 0 Å². The first kappa shape index (κ1) is 10.9. The van der Waals surface area contributed by atoms with Crippen LogP contribution in [0.25, 0.3) is 5.65 Å². The van der Waals surface area contributed by atoms with E-state index in [1.807, 2.05) is 29.6 Å². The standard InChI is InChI=1S/C11H16N4O/c1-9-5-3-6-10-13-11(14-15(9)10)12-7-4-8-16-2/h3,5-6H,4,7-8H2,1-2H3,(H,12,14). The van der Waals surface area contributed by atoms with Gasteiger partial charge in [-0.3, -0.25) is 0 Å². The predicted molar refractivity (Wildman–Crippen MR) is 62.7 cm³/mol. The fraction of sp³-hybridized carbons (Fsp3) is 0.455. The van der Waals surface area contributed by atoms with E-state index in [0.29, 0.717) is 5.95 Å². The average Bonchev–Trinajstić information content (AvgIpc) is 2.69. The molecule has 0 saturated carbocycles. The lowest BCUT2D eigenvalue weighted by Crippen LogP contribution is -2.06. The average molecular weight is 220 g/mol. The predicted octanol–water partition coefficient (Wildman–Crippen LogP) is 1.49. The number of aryl methyl sites for hydroxylation is 1. The number of hydrogen-bond donors (Lipinski definition) is 1. The molecule has 0 amide bonds. The lowest BCUT2D eigenvalue weighted by atomic mass is 10.4. The lowest BCUT2D eigenvalue weighted by molar-refractivity contribution is 0.197. The smallest absolute Gasteiger partial charge is 0.243 e. The molecule has 0 aliphatic rings. The molecule has 86 valence electrons. The first-order valence-electron chi connectivity index (χ1n) is 5.36. The Balaban J connectivity index is 2.05. The molecule has 0 fully saturated rings. The van der Waals surface area contributed by atoms with Gasteiger partial charge < -0.3 is 10.1 Å². The van der Waals surface area contributed by atoms with E-state index in [1.165, 1.54) is 0 Å². The van der Waals surface area contributed by atoms with Crippen LogP contribution >= 0.6 is 0 Å². The van der Waals surface area contributed by atoms with E-state index in [9.17, 15) is 0 Å². The summed E-state index contributed by atoms with van der Waals surface area (Å²) in [5.74, 6) is 0.672. The van der Waals surface area contributed by atoms with Crippen LogP contribution in [0.2, 0.25) is 0 Å². The highest BCUT2D eigenvalue weighted by Gasteiger charge is 2.03. The third-order valence-corrected chi connectivity index (χ3v) is 2.36. The van der Waals surface area contributed by atoms with E-state index < -0.39 is 0 Å². The Morgan fingerprint density at radius 3 is 3.06 bits per heavy atom. The van der Waals surface area contributed by atoms with Crippen LogP contribution < -0.4 is 5.32 Å². The summed E-state index contributed by atoms with van der Waals surface area (Å²) < 4.78 is 6.80. The summed E-state index contributed by atoms with van der Waals surface area (Å²) in [6.45, 7) is 3.58. The van der Waals surface area contributed by atoms with Gasteiger partial charge in [0.05, 0.1) is 0 Å². The summed E-state index contributed by atoms with van der Waals surface area (Å²) in [6, 6.07) is 5.94. The highest BCUT2D eigenvalue weighted by Crippen LogP contribution is 2.07. The first-order valence-corrected chi connectivity index (χ1v) is 5.36. The zero-order valence-corrected chi connectivity index (χ0v) is 9.60. The minimum atomic E-state index is 0.672.